The van der Waals surface area contributed by atoms with E-state index in [0.717, 1.165) is 12.1 Å². The zero-order valence-corrected chi connectivity index (χ0v) is 12.3. The van der Waals surface area contributed by atoms with Crippen LogP contribution >= 0.6 is 23.2 Å². The number of aliphatic carboxylic acids is 1. The fourth-order valence-corrected chi connectivity index (χ4v) is 2.94. The molecule has 0 saturated carbocycles. The molecule has 1 aliphatic rings. The molecular formula is C10H6Cl2N2O6S. The lowest BCUT2D eigenvalue weighted by Crippen LogP contribution is -2.20. The quantitative estimate of drug-likeness (QED) is 0.792. The Morgan fingerprint density at radius 3 is 2.38 bits per heavy atom. The highest BCUT2D eigenvalue weighted by atomic mass is 35.5. The zero-order chi connectivity index (χ0) is 15.9. The molecule has 0 unspecified atom stereocenters. The predicted molar refractivity (Wildman–Crippen MR) is 73.5 cm³/mol. The van der Waals surface area contributed by atoms with Crippen molar-refractivity contribution in [3.63, 3.8) is 0 Å². The SMILES string of the molecule is O=C(O)C1=NN(c2ccc(S(=O)(=O)O)c(Cl)c2Cl)C(=O)C1. The van der Waals surface area contributed by atoms with Crippen molar-refractivity contribution in [1.82, 2.24) is 0 Å². The van der Waals surface area contributed by atoms with Crippen molar-refractivity contribution in [2.45, 2.75) is 11.3 Å². The summed E-state index contributed by atoms with van der Waals surface area (Å²) in [5.74, 6) is -2.02. The molecule has 0 spiro atoms. The molecule has 0 aliphatic carbocycles. The van der Waals surface area contributed by atoms with E-state index < -0.39 is 38.3 Å². The number of carbonyl (C=O) groups excluding carboxylic acids is 1. The van der Waals surface area contributed by atoms with E-state index in [9.17, 15) is 18.0 Å². The van der Waals surface area contributed by atoms with E-state index >= 15 is 0 Å². The van der Waals surface area contributed by atoms with Gasteiger partial charge < -0.3 is 5.11 Å². The molecule has 112 valence electrons. The molecule has 1 aromatic carbocycles. The highest BCUT2D eigenvalue weighted by Crippen LogP contribution is 2.38. The molecule has 1 amide bonds. The van der Waals surface area contributed by atoms with Crippen molar-refractivity contribution in [2.24, 2.45) is 5.10 Å². The molecule has 2 rings (SSSR count). The number of nitrogens with zero attached hydrogens (tertiary/aromatic N) is 2. The van der Waals surface area contributed by atoms with E-state index in [2.05, 4.69) is 5.10 Å². The van der Waals surface area contributed by atoms with Crippen LogP contribution in [0.3, 0.4) is 0 Å². The van der Waals surface area contributed by atoms with E-state index in [1.807, 2.05) is 0 Å². The molecule has 11 heteroatoms. The summed E-state index contributed by atoms with van der Waals surface area (Å²) in [6.45, 7) is 0. The van der Waals surface area contributed by atoms with E-state index in [0.29, 0.717) is 5.01 Å². The van der Waals surface area contributed by atoms with Crippen LogP contribution in [0.1, 0.15) is 6.42 Å². The maximum Gasteiger partial charge on any atom is 0.352 e. The van der Waals surface area contributed by atoms with Crippen molar-refractivity contribution >= 4 is 56.6 Å². The molecule has 1 aromatic rings. The number of hydrogen-bond acceptors (Lipinski definition) is 5. The first-order valence-electron chi connectivity index (χ1n) is 5.22. The number of benzene rings is 1. The smallest absolute Gasteiger partial charge is 0.352 e. The number of carbonyl (C=O) groups is 2. The Morgan fingerprint density at radius 2 is 1.90 bits per heavy atom. The Morgan fingerprint density at radius 1 is 1.29 bits per heavy atom. The summed E-state index contributed by atoms with van der Waals surface area (Å²) in [4.78, 5) is 21.9. The van der Waals surface area contributed by atoms with Gasteiger partial charge in [-0.2, -0.15) is 18.5 Å². The van der Waals surface area contributed by atoms with Crippen molar-refractivity contribution in [2.75, 3.05) is 5.01 Å². The molecule has 21 heavy (non-hydrogen) atoms. The van der Waals surface area contributed by atoms with Gasteiger partial charge in [0.05, 0.1) is 22.2 Å². The predicted octanol–water partition coefficient (Wildman–Crippen LogP) is 1.42. The Hall–Kier alpha value is -1.68. The number of amides is 1. The maximum atomic E-state index is 11.7. The molecule has 8 nitrogen and oxygen atoms in total. The van der Waals surface area contributed by atoms with Gasteiger partial charge in [-0.25, -0.2) is 4.79 Å². The van der Waals surface area contributed by atoms with Crippen LogP contribution in [0, 0.1) is 0 Å². The number of anilines is 1. The minimum atomic E-state index is -4.58. The van der Waals surface area contributed by atoms with Crippen LogP contribution in [0.5, 0.6) is 0 Å². The molecule has 2 N–H and O–H groups in total. The first-order valence-corrected chi connectivity index (χ1v) is 7.41. The number of hydrazone groups is 1. The third-order valence-electron chi connectivity index (χ3n) is 2.56. The van der Waals surface area contributed by atoms with Gasteiger partial charge >= 0.3 is 5.97 Å². The Bertz CT molecular complexity index is 789. The molecule has 0 atom stereocenters. The average molecular weight is 353 g/mol. The number of halogens is 2. The highest BCUT2D eigenvalue weighted by molar-refractivity contribution is 7.86. The molecule has 0 radical (unpaired) electrons. The molecule has 1 heterocycles. The molecule has 0 fully saturated rings. The first kappa shape index (κ1) is 15.7. The summed E-state index contributed by atoms with van der Waals surface area (Å²) in [6, 6.07) is 2.02. The van der Waals surface area contributed by atoms with Gasteiger partial charge in [-0.15, -0.1) is 0 Å². The Kier molecular flexibility index (Phi) is 3.93. The average Bonchev–Trinajstić information content (AvgIpc) is 2.73. The second-order valence-corrected chi connectivity index (χ2v) is 6.07. The normalized spacial score (nSPS) is 15.3. The van der Waals surface area contributed by atoms with Gasteiger partial charge in [0.15, 0.2) is 5.71 Å². The van der Waals surface area contributed by atoms with Crippen LogP contribution in [0.25, 0.3) is 0 Å². The third kappa shape index (κ3) is 2.86. The Labute approximate surface area is 128 Å². The molecular weight excluding hydrogens is 347 g/mol. The summed E-state index contributed by atoms with van der Waals surface area (Å²) >= 11 is 11.6. The third-order valence-corrected chi connectivity index (χ3v) is 4.44. The molecule has 0 aromatic heterocycles. The van der Waals surface area contributed by atoms with Crippen LogP contribution < -0.4 is 5.01 Å². The van der Waals surface area contributed by atoms with Crippen molar-refractivity contribution < 1.29 is 27.7 Å². The van der Waals surface area contributed by atoms with Crippen LogP contribution in [0.15, 0.2) is 22.1 Å². The monoisotopic (exact) mass is 352 g/mol. The lowest BCUT2D eigenvalue weighted by atomic mass is 10.2. The molecule has 0 saturated heterocycles. The summed E-state index contributed by atoms with van der Waals surface area (Å²) < 4.78 is 31.1. The number of hydrogen-bond donors (Lipinski definition) is 2. The van der Waals surface area contributed by atoms with E-state index in [-0.39, 0.29) is 16.4 Å². The largest absolute Gasteiger partial charge is 0.477 e. The van der Waals surface area contributed by atoms with Gasteiger partial charge in [0.2, 0.25) is 0 Å². The van der Waals surface area contributed by atoms with Gasteiger partial charge in [0.1, 0.15) is 4.90 Å². The minimum Gasteiger partial charge on any atom is -0.477 e. The zero-order valence-electron chi connectivity index (χ0n) is 9.95. The Balaban J connectivity index is 2.55. The van der Waals surface area contributed by atoms with Gasteiger partial charge in [0, 0.05) is 0 Å². The number of rotatable bonds is 3. The van der Waals surface area contributed by atoms with Gasteiger partial charge in [-0.05, 0) is 12.1 Å². The highest BCUT2D eigenvalue weighted by Gasteiger charge is 2.32. The molecule has 0 bridgehead atoms. The standard InChI is InChI=1S/C10H6Cl2N2O6S/c11-8-5(1-2-6(9(8)12)21(18,19)20)14-7(15)3-4(13-14)10(16)17/h1-2H,3H2,(H,16,17)(H,18,19,20). The van der Waals surface area contributed by atoms with E-state index in [4.69, 9.17) is 32.9 Å². The first-order chi connectivity index (χ1) is 9.62. The topological polar surface area (TPSA) is 124 Å². The second-order valence-electron chi connectivity index (χ2n) is 3.92. The van der Waals surface area contributed by atoms with Crippen LogP contribution in [-0.2, 0) is 19.7 Å². The maximum absolute atomic E-state index is 11.7. The summed E-state index contributed by atoms with van der Waals surface area (Å²) in [5.41, 5.74) is -0.471. The van der Waals surface area contributed by atoms with Crippen LogP contribution in [0.4, 0.5) is 5.69 Å². The summed E-state index contributed by atoms with van der Waals surface area (Å²) in [6.07, 6.45) is -0.427. The fourth-order valence-electron chi connectivity index (χ4n) is 1.62. The van der Waals surface area contributed by atoms with Gasteiger partial charge in [-0.1, -0.05) is 23.2 Å². The van der Waals surface area contributed by atoms with Crippen LogP contribution in [-0.4, -0.2) is 35.7 Å². The van der Waals surface area contributed by atoms with Crippen molar-refractivity contribution in [3.8, 4) is 0 Å². The lowest BCUT2D eigenvalue weighted by molar-refractivity contribution is -0.129. The van der Waals surface area contributed by atoms with E-state index in [1.165, 1.54) is 0 Å². The van der Waals surface area contributed by atoms with E-state index in [1.54, 1.807) is 0 Å². The minimum absolute atomic E-state index is 0.0877. The molecule has 1 aliphatic heterocycles. The summed E-state index contributed by atoms with van der Waals surface area (Å²) in [5, 5.41) is 12.2. The van der Waals surface area contributed by atoms with Crippen molar-refractivity contribution in [1.29, 1.82) is 0 Å². The lowest BCUT2D eigenvalue weighted by Gasteiger charge is -2.15. The summed E-state index contributed by atoms with van der Waals surface area (Å²) in [7, 11) is -4.58. The van der Waals surface area contributed by atoms with Crippen molar-refractivity contribution in [3.05, 3.63) is 22.2 Å². The number of carboxylic acid groups (broad SMARTS) is 1. The van der Waals surface area contributed by atoms with Gasteiger partial charge in [0.25, 0.3) is 16.0 Å². The van der Waals surface area contributed by atoms with Crippen LogP contribution in [0.2, 0.25) is 10.0 Å². The van der Waals surface area contributed by atoms with Gasteiger partial charge in [-0.3, -0.25) is 9.35 Å². The fraction of sp³-hybridized carbons (Fsp3) is 0.100. The number of carboxylic acids is 1. The second kappa shape index (κ2) is 5.26.